The largest absolute Gasteiger partial charge is 0.463 e. The number of ether oxygens (including phenoxy) is 5. The van der Waals surface area contributed by atoms with E-state index in [9.17, 15) is 9.59 Å². The first-order valence-electron chi connectivity index (χ1n) is 9.96. The van der Waals surface area contributed by atoms with Crippen LogP contribution >= 0.6 is 0 Å². The van der Waals surface area contributed by atoms with Crippen LogP contribution in [0.4, 0.5) is 0 Å². The highest BCUT2D eigenvalue weighted by atomic mass is 16.6. The molecule has 0 heterocycles. The molecule has 0 aromatic rings. The molecule has 0 aromatic carbocycles. The third-order valence-corrected chi connectivity index (χ3v) is 3.34. The van der Waals surface area contributed by atoms with Gasteiger partial charge in [-0.25, -0.2) is 0 Å². The Bertz CT molecular complexity index is 377. The molecule has 0 aliphatic rings. The fourth-order valence-corrected chi connectivity index (χ4v) is 2.07. The zero-order valence-corrected chi connectivity index (χ0v) is 17.6. The highest BCUT2D eigenvalue weighted by Gasteiger charge is 2.15. The molecule has 0 radical (unpaired) electrons. The summed E-state index contributed by atoms with van der Waals surface area (Å²) in [7, 11) is 0. The van der Waals surface area contributed by atoms with Crippen molar-refractivity contribution in [1.29, 1.82) is 0 Å². The summed E-state index contributed by atoms with van der Waals surface area (Å²) < 4.78 is 26.2. The maximum absolute atomic E-state index is 11.5. The Hall–Kier alpha value is -1.18. The minimum absolute atomic E-state index is 0.158. The Kier molecular flexibility index (Phi) is 16.2. The van der Waals surface area contributed by atoms with Gasteiger partial charge >= 0.3 is 11.9 Å². The van der Waals surface area contributed by atoms with Crippen LogP contribution in [0.25, 0.3) is 0 Å². The molecule has 0 saturated carbocycles. The van der Waals surface area contributed by atoms with E-state index in [4.69, 9.17) is 23.7 Å². The lowest BCUT2D eigenvalue weighted by atomic mass is 10.2. The average molecular weight is 391 g/mol. The zero-order chi connectivity index (χ0) is 20.4. The molecule has 0 fully saturated rings. The highest BCUT2D eigenvalue weighted by molar-refractivity contribution is 5.70. The maximum Gasteiger partial charge on any atom is 0.308 e. The zero-order valence-electron chi connectivity index (χ0n) is 17.6. The summed E-state index contributed by atoms with van der Waals surface area (Å²) in [5.74, 6) is -0.423. The topological polar surface area (TPSA) is 80.3 Å². The summed E-state index contributed by atoms with van der Waals surface area (Å²) >= 11 is 0. The van der Waals surface area contributed by atoms with Gasteiger partial charge in [0.05, 0.1) is 46.1 Å². The second kappa shape index (κ2) is 17.0. The van der Waals surface area contributed by atoms with Crippen molar-refractivity contribution in [2.45, 2.75) is 71.8 Å². The third-order valence-electron chi connectivity index (χ3n) is 3.34. The van der Waals surface area contributed by atoms with Crippen LogP contribution in [0.1, 0.15) is 66.2 Å². The predicted molar refractivity (Wildman–Crippen MR) is 103 cm³/mol. The van der Waals surface area contributed by atoms with Gasteiger partial charge in [0.1, 0.15) is 12.2 Å². The molecule has 27 heavy (non-hydrogen) atoms. The van der Waals surface area contributed by atoms with Gasteiger partial charge in [-0.3, -0.25) is 9.59 Å². The lowest BCUT2D eigenvalue weighted by molar-refractivity contribution is -0.156. The van der Waals surface area contributed by atoms with Gasteiger partial charge in [0.25, 0.3) is 0 Å². The number of esters is 2. The second-order valence-corrected chi connectivity index (χ2v) is 7.20. The maximum atomic E-state index is 11.5. The summed E-state index contributed by atoms with van der Waals surface area (Å²) in [6, 6.07) is 0. The van der Waals surface area contributed by atoms with E-state index in [-0.39, 0.29) is 25.0 Å². The quantitative estimate of drug-likeness (QED) is 0.278. The van der Waals surface area contributed by atoms with Crippen molar-refractivity contribution >= 4 is 11.9 Å². The molecule has 0 atom stereocenters. The van der Waals surface area contributed by atoms with E-state index >= 15 is 0 Å². The minimum Gasteiger partial charge on any atom is -0.463 e. The number of rotatable bonds is 17. The molecular weight excluding hydrogens is 352 g/mol. The Labute approximate surface area is 164 Å². The van der Waals surface area contributed by atoms with E-state index in [2.05, 4.69) is 6.92 Å². The normalized spacial score (nSPS) is 11.4. The van der Waals surface area contributed by atoms with Crippen molar-refractivity contribution in [3.8, 4) is 0 Å². The van der Waals surface area contributed by atoms with Crippen molar-refractivity contribution < 1.29 is 33.3 Å². The number of carbonyl (C=O) groups excluding carboxylic acids is 2. The molecule has 0 spiro atoms. The molecule has 7 nitrogen and oxygen atoms in total. The van der Waals surface area contributed by atoms with E-state index in [0.29, 0.717) is 46.1 Å². The van der Waals surface area contributed by atoms with Gasteiger partial charge in [-0.05, 0) is 27.2 Å². The molecule has 0 aliphatic heterocycles. The molecule has 0 bridgehead atoms. The predicted octanol–water partition coefficient (Wildman–Crippen LogP) is 3.28. The molecule has 0 unspecified atom stereocenters. The first-order chi connectivity index (χ1) is 12.8. The molecule has 0 saturated heterocycles. The Morgan fingerprint density at radius 1 is 0.667 bits per heavy atom. The van der Waals surface area contributed by atoms with Crippen LogP contribution in [0, 0.1) is 0 Å². The lowest BCUT2D eigenvalue weighted by Crippen LogP contribution is -2.24. The van der Waals surface area contributed by atoms with Crippen molar-refractivity contribution in [3.05, 3.63) is 0 Å². The van der Waals surface area contributed by atoms with Crippen LogP contribution in [0.3, 0.4) is 0 Å². The SMILES string of the molecule is CCCCCCC(=O)OCCOCCOCCOCCC(=O)OC(C)(C)C. The van der Waals surface area contributed by atoms with Crippen LogP contribution < -0.4 is 0 Å². The summed E-state index contributed by atoms with van der Waals surface area (Å²) in [4.78, 5) is 22.9. The van der Waals surface area contributed by atoms with Gasteiger partial charge in [-0.2, -0.15) is 0 Å². The summed E-state index contributed by atoms with van der Waals surface area (Å²) in [5.41, 5.74) is -0.465. The van der Waals surface area contributed by atoms with Crippen LogP contribution in [0.5, 0.6) is 0 Å². The number of carbonyl (C=O) groups is 2. The minimum atomic E-state index is -0.465. The average Bonchev–Trinajstić information content (AvgIpc) is 2.58. The van der Waals surface area contributed by atoms with E-state index in [0.717, 1.165) is 25.7 Å². The van der Waals surface area contributed by atoms with Crippen molar-refractivity contribution in [1.82, 2.24) is 0 Å². The lowest BCUT2D eigenvalue weighted by Gasteiger charge is -2.19. The van der Waals surface area contributed by atoms with Gasteiger partial charge in [-0.15, -0.1) is 0 Å². The Balaban J connectivity index is 3.25. The van der Waals surface area contributed by atoms with Crippen molar-refractivity contribution in [2.24, 2.45) is 0 Å². The molecule has 0 rings (SSSR count). The summed E-state index contributed by atoms with van der Waals surface area (Å²) in [6.45, 7) is 10.3. The van der Waals surface area contributed by atoms with E-state index in [1.165, 1.54) is 0 Å². The van der Waals surface area contributed by atoms with Gasteiger partial charge in [0.2, 0.25) is 0 Å². The summed E-state index contributed by atoms with van der Waals surface area (Å²) in [5, 5.41) is 0. The van der Waals surface area contributed by atoms with Gasteiger partial charge in [0, 0.05) is 6.42 Å². The monoisotopic (exact) mass is 390 g/mol. The first kappa shape index (κ1) is 25.8. The number of hydrogen-bond donors (Lipinski definition) is 0. The molecule has 160 valence electrons. The molecule has 0 aliphatic carbocycles. The standard InChI is InChI=1S/C20H38O7/c1-5-6-7-8-9-18(21)26-17-16-25-15-14-24-13-12-23-11-10-19(22)27-20(2,3)4/h5-17H2,1-4H3. The number of unbranched alkanes of at least 4 members (excludes halogenated alkanes) is 3. The van der Waals surface area contributed by atoms with Crippen molar-refractivity contribution in [2.75, 3.05) is 46.2 Å². The molecule has 0 N–H and O–H groups in total. The van der Waals surface area contributed by atoms with E-state index in [1.54, 1.807) is 0 Å². The Morgan fingerprint density at radius 2 is 1.22 bits per heavy atom. The van der Waals surface area contributed by atoms with Crippen LogP contribution in [-0.4, -0.2) is 63.8 Å². The first-order valence-corrected chi connectivity index (χ1v) is 9.96. The molecule has 7 heteroatoms. The van der Waals surface area contributed by atoms with Crippen LogP contribution in [-0.2, 0) is 33.3 Å². The summed E-state index contributed by atoms with van der Waals surface area (Å²) in [6.07, 6.45) is 4.99. The van der Waals surface area contributed by atoms with Gasteiger partial charge < -0.3 is 23.7 Å². The fraction of sp³-hybridized carbons (Fsp3) is 0.900. The molecule has 0 aromatic heterocycles. The highest BCUT2D eigenvalue weighted by Crippen LogP contribution is 2.08. The fourth-order valence-electron chi connectivity index (χ4n) is 2.07. The molecule has 0 amide bonds. The van der Waals surface area contributed by atoms with Gasteiger partial charge in [-0.1, -0.05) is 26.2 Å². The van der Waals surface area contributed by atoms with Crippen LogP contribution in [0.15, 0.2) is 0 Å². The molecular formula is C20H38O7. The number of hydrogen-bond acceptors (Lipinski definition) is 7. The van der Waals surface area contributed by atoms with E-state index in [1.807, 2.05) is 20.8 Å². The Morgan fingerprint density at radius 3 is 1.78 bits per heavy atom. The van der Waals surface area contributed by atoms with Crippen LogP contribution in [0.2, 0.25) is 0 Å². The van der Waals surface area contributed by atoms with Crippen molar-refractivity contribution in [3.63, 3.8) is 0 Å². The third kappa shape index (κ3) is 21.0. The smallest absolute Gasteiger partial charge is 0.308 e. The van der Waals surface area contributed by atoms with E-state index < -0.39 is 5.60 Å². The van der Waals surface area contributed by atoms with Gasteiger partial charge in [0.15, 0.2) is 0 Å². The second-order valence-electron chi connectivity index (χ2n) is 7.20.